The van der Waals surface area contributed by atoms with E-state index in [1.165, 1.54) is 103 Å². The maximum absolute atomic E-state index is 12.7. The molecule has 54 heavy (non-hydrogen) atoms. The van der Waals surface area contributed by atoms with Crippen LogP contribution in [0.4, 0.5) is 0 Å². The predicted octanol–water partition coefficient (Wildman–Crippen LogP) is 14.6. The fourth-order valence-corrected chi connectivity index (χ4v) is 6.33. The Morgan fingerprint density at radius 2 is 0.685 bits per heavy atom. The first-order valence-electron chi connectivity index (χ1n) is 23.0. The van der Waals surface area contributed by atoms with E-state index in [-0.39, 0.29) is 31.1 Å². The lowest BCUT2D eigenvalue weighted by atomic mass is 10.1. The van der Waals surface area contributed by atoms with Crippen molar-refractivity contribution in [1.29, 1.82) is 0 Å². The first-order valence-corrected chi connectivity index (χ1v) is 23.0. The summed E-state index contributed by atoms with van der Waals surface area (Å²) in [5.74, 6) is -0.902. The number of carbonyl (C=O) groups excluding carboxylic acids is 3. The molecule has 0 aliphatic rings. The van der Waals surface area contributed by atoms with Gasteiger partial charge in [0.25, 0.3) is 0 Å². The van der Waals surface area contributed by atoms with Crippen LogP contribution >= 0.6 is 0 Å². The van der Waals surface area contributed by atoms with Crippen LogP contribution in [0.5, 0.6) is 0 Å². The number of unbranched alkanes of at least 4 members (excludes halogenated alkanes) is 24. The lowest BCUT2D eigenvalue weighted by molar-refractivity contribution is -0.167. The van der Waals surface area contributed by atoms with Gasteiger partial charge in [-0.05, 0) is 70.6 Å². The molecule has 0 aromatic heterocycles. The lowest BCUT2D eigenvalue weighted by Crippen LogP contribution is -2.30. The van der Waals surface area contributed by atoms with Gasteiger partial charge in [-0.1, -0.05) is 179 Å². The Labute approximate surface area is 334 Å². The molecule has 0 N–H and O–H groups in total. The van der Waals surface area contributed by atoms with Gasteiger partial charge in [0.05, 0.1) is 0 Å². The first kappa shape index (κ1) is 51.6. The quantitative estimate of drug-likeness (QED) is 0.0267. The highest BCUT2D eigenvalue weighted by Crippen LogP contribution is 2.14. The van der Waals surface area contributed by atoms with E-state index in [9.17, 15) is 14.4 Å². The van der Waals surface area contributed by atoms with Crippen LogP contribution in [0.2, 0.25) is 0 Å². The highest BCUT2D eigenvalue weighted by Gasteiger charge is 2.19. The molecular formula is C48H86O6. The summed E-state index contributed by atoms with van der Waals surface area (Å²) >= 11 is 0. The van der Waals surface area contributed by atoms with Gasteiger partial charge in [0.2, 0.25) is 0 Å². The minimum atomic E-state index is -0.776. The van der Waals surface area contributed by atoms with Crippen molar-refractivity contribution in [3.8, 4) is 0 Å². The summed E-state index contributed by atoms with van der Waals surface area (Å²) in [5.41, 5.74) is 0. The maximum atomic E-state index is 12.7. The standard InChI is InChI=1S/C48H86O6/c1-4-7-10-13-16-19-22-24-25-27-29-32-35-38-41-47(50)53-44-45(43-52-46(49)40-37-34-31-28-21-18-15-12-9-6-3)54-48(51)42-39-36-33-30-26-23-20-17-14-11-8-5-2/h13,16-17,20,22,24,45H,4-12,14-15,18-19,21,23,25-44H2,1-3H3/b16-13-,20-17-,24-22-/t45-/m1/s1. The second-order valence-corrected chi connectivity index (χ2v) is 15.3. The number of carbonyl (C=O) groups is 3. The van der Waals surface area contributed by atoms with Gasteiger partial charge in [0, 0.05) is 19.3 Å². The molecule has 6 heteroatoms. The van der Waals surface area contributed by atoms with Crippen molar-refractivity contribution in [2.75, 3.05) is 13.2 Å². The average Bonchev–Trinajstić information content (AvgIpc) is 3.17. The van der Waals surface area contributed by atoms with E-state index in [0.717, 1.165) is 89.9 Å². The molecule has 0 saturated heterocycles. The van der Waals surface area contributed by atoms with Gasteiger partial charge >= 0.3 is 17.9 Å². The summed E-state index contributed by atoms with van der Waals surface area (Å²) in [6.07, 6.45) is 48.3. The van der Waals surface area contributed by atoms with E-state index in [2.05, 4.69) is 57.2 Å². The molecule has 6 nitrogen and oxygen atoms in total. The van der Waals surface area contributed by atoms with Crippen molar-refractivity contribution in [2.24, 2.45) is 0 Å². The van der Waals surface area contributed by atoms with E-state index < -0.39 is 6.10 Å². The second kappa shape index (κ2) is 43.4. The Balaban J connectivity index is 4.39. The van der Waals surface area contributed by atoms with E-state index in [4.69, 9.17) is 14.2 Å². The third-order valence-electron chi connectivity index (χ3n) is 9.87. The van der Waals surface area contributed by atoms with Gasteiger partial charge in [0.1, 0.15) is 13.2 Å². The van der Waals surface area contributed by atoms with E-state index in [0.29, 0.717) is 19.3 Å². The van der Waals surface area contributed by atoms with Crippen molar-refractivity contribution >= 4 is 17.9 Å². The van der Waals surface area contributed by atoms with Crippen LogP contribution in [-0.2, 0) is 28.6 Å². The fraction of sp³-hybridized carbons (Fsp3) is 0.812. The van der Waals surface area contributed by atoms with Gasteiger partial charge in [-0.2, -0.15) is 0 Å². The minimum absolute atomic E-state index is 0.0782. The Bertz CT molecular complexity index is 922. The van der Waals surface area contributed by atoms with E-state index in [1.807, 2.05) is 0 Å². The van der Waals surface area contributed by atoms with Crippen LogP contribution in [0.25, 0.3) is 0 Å². The Morgan fingerprint density at radius 3 is 1.13 bits per heavy atom. The van der Waals surface area contributed by atoms with Gasteiger partial charge in [-0.3, -0.25) is 14.4 Å². The number of ether oxygens (including phenoxy) is 3. The molecule has 0 aliphatic carbocycles. The number of hydrogen-bond acceptors (Lipinski definition) is 6. The third kappa shape index (κ3) is 40.8. The van der Waals surface area contributed by atoms with Crippen molar-refractivity contribution in [3.05, 3.63) is 36.5 Å². The van der Waals surface area contributed by atoms with Crippen LogP contribution in [0.1, 0.15) is 233 Å². The molecule has 0 rings (SSSR count). The zero-order valence-electron chi connectivity index (χ0n) is 35.7. The summed E-state index contributed by atoms with van der Waals surface area (Å²) in [5, 5.41) is 0. The topological polar surface area (TPSA) is 78.9 Å². The molecule has 1 atom stereocenters. The number of esters is 3. The highest BCUT2D eigenvalue weighted by atomic mass is 16.6. The minimum Gasteiger partial charge on any atom is -0.462 e. The fourth-order valence-electron chi connectivity index (χ4n) is 6.33. The summed E-state index contributed by atoms with van der Waals surface area (Å²) in [6.45, 7) is 6.54. The molecule has 0 heterocycles. The van der Waals surface area contributed by atoms with Crippen molar-refractivity contribution in [3.63, 3.8) is 0 Å². The van der Waals surface area contributed by atoms with Crippen molar-refractivity contribution < 1.29 is 28.6 Å². The molecule has 0 unspecified atom stereocenters. The Kier molecular flexibility index (Phi) is 41.5. The molecule has 0 saturated carbocycles. The zero-order valence-corrected chi connectivity index (χ0v) is 35.7. The Morgan fingerprint density at radius 1 is 0.370 bits per heavy atom. The smallest absolute Gasteiger partial charge is 0.306 e. The van der Waals surface area contributed by atoms with Gasteiger partial charge in [0.15, 0.2) is 6.10 Å². The molecule has 314 valence electrons. The van der Waals surface area contributed by atoms with Crippen molar-refractivity contribution in [1.82, 2.24) is 0 Å². The van der Waals surface area contributed by atoms with Crippen LogP contribution in [0.3, 0.4) is 0 Å². The van der Waals surface area contributed by atoms with Crippen molar-refractivity contribution in [2.45, 2.75) is 239 Å². The predicted molar refractivity (Wildman–Crippen MR) is 229 cm³/mol. The molecule has 0 spiro atoms. The number of hydrogen-bond donors (Lipinski definition) is 0. The van der Waals surface area contributed by atoms with E-state index >= 15 is 0 Å². The van der Waals surface area contributed by atoms with Gasteiger partial charge in [-0.15, -0.1) is 0 Å². The number of rotatable bonds is 41. The normalized spacial score (nSPS) is 12.3. The first-order chi connectivity index (χ1) is 26.5. The molecule has 0 radical (unpaired) electrons. The second-order valence-electron chi connectivity index (χ2n) is 15.3. The Hall–Kier alpha value is -2.37. The lowest BCUT2D eigenvalue weighted by Gasteiger charge is -2.18. The summed E-state index contributed by atoms with van der Waals surface area (Å²) in [6, 6.07) is 0. The highest BCUT2D eigenvalue weighted by molar-refractivity contribution is 5.71. The molecule has 0 aromatic carbocycles. The molecular weight excluding hydrogens is 673 g/mol. The number of allylic oxidation sites excluding steroid dienone is 6. The third-order valence-corrected chi connectivity index (χ3v) is 9.87. The molecule has 0 amide bonds. The summed E-state index contributed by atoms with van der Waals surface area (Å²) < 4.78 is 16.7. The molecule has 0 aliphatic heterocycles. The summed E-state index contributed by atoms with van der Waals surface area (Å²) in [4.78, 5) is 37.7. The van der Waals surface area contributed by atoms with Crippen LogP contribution in [-0.4, -0.2) is 37.2 Å². The monoisotopic (exact) mass is 759 g/mol. The van der Waals surface area contributed by atoms with Gasteiger partial charge < -0.3 is 14.2 Å². The molecule has 0 bridgehead atoms. The van der Waals surface area contributed by atoms with Crippen LogP contribution in [0.15, 0.2) is 36.5 Å². The zero-order chi connectivity index (χ0) is 39.4. The van der Waals surface area contributed by atoms with Gasteiger partial charge in [-0.25, -0.2) is 0 Å². The van der Waals surface area contributed by atoms with Crippen LogP contribution in [0, 0.1) is 0 Å². The summed E-state index contributed by atoms with van der Waals surface area (Å²) in [7, 11) is 0. The SMILES string of the molecule is CCCC/C=C\C/C=C\CCCCCCCC(=O)OC[C@@H](COC(=O)CCCCCCCCCCCC)OC(=O)CCCCCCC/C=C\CCCCC. The molecule has 0 fully saturated rings. The van der Waals surface area contributed by atoms with Crippen LogP contribution < -0.4 is 0 Å². The average molecular weight is 759 g/mol. The maximum Gasteiger partial charge on any atom is 0.306 e. The largest absolute Gasteiger partial charge is 0.462 e. The van der Waals surface area contributed by atoms with E-state index in [1.54, 1.807) is 0 Å². The molecule has 0 aromatic rings.